The van der Waals surface area contributed by atoms with Gasteiger partial charge in [0.05, 0.1) is 17.7 Å². The van der Waals surface area contributed by atoms with Crippen LogP contribution >= 0.6 is 0 Å². The van der Waals surface area contributed by atoms with Gasteiger partial charge in [-0.15, -0.1) is 0 Å². The highest BCUT2D eigenvalue weighted by Gasteiger charge is 2.52. The van der Waals surface area contributed by atoms with E-state index in [9.17, 15) is 22.8 Å². The van der Waals surface area contributed by atoms with Crippen LogP contribution in [0.25, 0.3) is 0 Å². The van der Waals surface area contributed by atoms with Crippen molar-refractivity contribution in [3.05, 3.63) is 18.2 Å². The Labute approximate surface area is 200 Å². The number of piperidine rings is 1. The van der Waals surface area contributed by atoms with E-state index in [0.29, 0.717) is 31.8 Å². The molecule has 10 nitrogen and oxygen atoms in total. The van der Waals surface area contributed by atoms with E-state index < -0.39 is 34.0 Å². The Balaban J connectivity index is 1.49. The number of carbonyl (C=O) groups excluding carboxylic acids is 3. The van der Waals surface area contributed by atoms with Gasteiger partial charge in [0.2, 0.25) is 15.9 Å². The number of methoxy groups -OCH3 is 1. The maximum atomic E-state index is 13.1. The molecular weight excluding hydrogens is 460 g/mol. The normalized spacial score (nSPS) is 25.9. The molecule has 1 saturated carbocycles. The molecule has 2 heterocycles. The van der Waals surface area contributed by atoms with Crippen LogP contribution in [0.2, 0.25) is 0 Å². The SMILES string of the molecule is COc1ccc(S(=O)(=O)N2CCCCC2)cc1NC(=O)CN1C(=O)NC2(CCC(C)CC2)C1=O. The molecule has 1 aromatic rings. The van der Waals surface area contributed by atoms with Crippen molar-refractivity contribution in [2.24, 2.45) is 5.92 Å². The first kappa shape index (κ1) is 24.5. The van der Waals surface area contributed by atoms with Crippen LogP contribution in [0.5, 0.6) is 5.75 Å². The third-order valence-corrected chi connectivity index (χ3v) is 8.97. The highest BCUT2D eigenvalue weighted by atomic mass is 32.2. The summed E-state index contributed by atoms with van der Waals surface area (Å²) in [5.41, 5.74) is -0.761. The van der Waals surface area contributed by atoms with Crippen molar-refractivity contribution in [3.8, 4) is 5.75 Å². The number of imide groups is 1. The molecule has 0 unspecified atom stereocenters. The van der Waals surface area contributed by atoms with Gasteiger partial charge in [0.15, 0.2) is 0 Å². The number of nitrogens with zero attached hydrogens (tertiary/aromatic N) is 2. The van der Waals surface area contributed by atoms with Crippen LogP contribution < -0.4 is 15.4 Å². The van der Waals surface area contributed by atoms with E-state index in [2.05, 4.69) is 17.6 Å². The van der Waals surface area contributed by atoms with Gasteiger partial charge in [-0.25, -0.2) is 13.2 Å². The maximum absolute atomic E-state index is 13.1. The minimum atomic E-state index is -3.71. The van der Waals surface area contributed by atoms with Gasteiger partial charge >= 0.3 is 6.03 Å². The zero-order valence-corrected chi connectivity index (χ0v) is 20.4. The predicted molar refractivity (Wildman–Crippen MR) is 125 cm³/mol. The number of benzene rings is 1. The lowest BCUT2D eigenvalue weighted by Gasteiger charge is -2.33. The lowest BCUT2D eigenvalue weighted by atomic mass is 9.77. The first-order valence-electron chi connectivity index (χ1n) is 11.8. The first-order valence-corrected chi connectivity index (χ1v) is 13.2. The van der Waals surface area contributed by atoms with Crippen molar-refractivity contribution in [2.45, 2.75) is 62.3 Å². The Morgan fingerprint density at radius 3 is 2.50 bits per heavy atom. The van der Waals surface area contributed by atoms with Crippen LogP contribution in [0.15, 0.2) is 23.1 Å². The molecule has 0 radical (unpaired) electrons. The summed E-state index contributed by atoms with van der Waals surface area (Å²) in [6.07, 6.45) is 5.40. The van der Waals surface area contributed by atoms with E-state index >= 15 is 0 Å². The number of urea groups is 1. The average Bonchev–Trinajstić information content (AvgIpc) is 3.05. The minimum absolute atomic E-state index is 0.0516. The molecule has 4 rings (SSSR count). The Bertz CT molecular complexity index is 1070. The van der Waals surface area contributed by atoms with Gasteiger partial charge in [-0.1, -0.05) is 13.3 Å². The second kappa shape index (κ2) is 9.53. The van der Waals surface area contributed by atoms with Crippen LogP contribution in [0.4, 0.5) is 10.5 Å². The predicted octanol–water partition coefficient (Wildman–Crippen LogP) is 2.31. The number of amides is 4. The molecule has 3 aliphatic rings. The summed E-state index contributed by atoms with van der Waals surface area (Å²) >= 11 is 0. The number of ether oxygens (including phenoxy) is 1. The molecule has 3 fully saturated rings. The van der Waals surface area contributed by atoms with Gasteiger partial charge in [-0.05, 0) is 62.6 Å². The molecule has 1 aliphatic carbocycles. The standard InChI is InChI=1S/C23H32N4O6S/c1-16-8-10-23(11-9-16)21(29)27(22(30)25-23)15-20(28)24-18-14-17(6-7-19(18)33-2)34(31,32)26-12-4-3-5-13-26/h6-7,14,16H,3-5,8-13,15H2,1-2H3,(H,24,28)(H,25,30). The van der Waals surface area contributed by atoms with E-state index in [1.54, 1.807) is 0 Å². The topological polar surface area (TPSA) is 125 Å². The third-order valence-electron chi connectivity index (χ3n) is 7.07. The molecular formula is C23H32N4O6S. The zero-order valence-electron chi connectivity index (χ0n) is 19.6. The number of sulfonamides is 1. The number of rotatable bonds is 6. The van der Waals surface area contributed by atoms with E-state index in [1.165, 1.54) is 29.6 Å². The summed E-state index contributed by atoms with van der Waals surface area (Å²) in [7, 11) is -2.30. The van der Waals surface area contributed by atoms with E-state index in [1.807, 2.05) is 0 Å². The molecule has 0 aromatic heterocycles. The number of carbonyl (C=O) groups is 3. The molecule has 4 amide bonds. The molecule has 2 N–H and O–H groups in total. The fourth-order valence-corrected chi connectivity index (χ4v) is 6.49. The monoisotopic (exact) mass is 492 g/mol. The van der Waals surface area contributed by atoms with Crippen molar-refractivity contribution < 1.29 is 27.5 Å². The van der Waals surface area contributed by atoms with Crippen LogP contribution in [0, 0.1) is 5.92 Å². The highest BCUT2D eigenvalue weighted by Crippen LogP contribution is 2.36. The largest absolute Gasteiger partial charge is 0.495 e. The highest BCUT2D eigenvalue weighted by molar-refractivity contribution is 7.89. The van der Waals surface area contributed by atoms with Crippen LogP contribution in [-0.4, -0.2) is 67.8 Å². The molecule has 2 saturated heterocycles. The van der Waals surface area contributed by atoms with Gasteiger partial charge < -0.3 is 15.4 Å². The van der Waals surface area contributed by atoms with Gasteiger partial charge in [0.25, 0.3) is 5.91 Å². The van der Waals surface area contributed by atoms with Crippen molar-refractivity contribution in [2.75, 3.05) is 32.1 Å². The molecule has 11 heteroatoms. The number of anilines is 1. The smallest absolute Gasteiger partial charge is 0.325 e. The molecule has 2 aliphatic heterocycles. The summed E-state index contributed by atoms with van der Waals surface area (Å²) in [5.74, 6) is -0.224. The van der Waals surface area contributed by atoms with Crippen LogP contribution in [-0.2, 0) is 19.6 Å². The fraction of sp³-hybridized carbons (Fsp3) is 0.609. The Hall–Kier alpha value is -2.66. The molecule has 0 atom stereocenters. The second-order valence-corrected chi connectivity index (χ2v) is 11.4. The van der Waals surface area contributed by atoms with Gasteiger partial charge in [0.1, 0.15) is 17.8 Å². The van der Waals surface area contributed by atoms with Crippen LogP contribution in [0.1, 0.15) is 51.9 Å². The average molecular weight is 493 g/mol. The van der Waals surface area contributed by atoms with Crippen molar-refractivity contribution in [1.29, 1.82) is 0 Å². The van der Waals surface area contributed by atoms with E-state index in [0.717, 1.165) is 37.0 Å². The summed E-state index contributed by atoms with van der Waals surface area (Å²) in [6.45, 7) is 2.58. The van der Waals surface area contributed by atoms with Crippen molar-refractivity contribution >= 4 is 33.6 Å². The number of hydrogen-bond donors (Lipinski definition) is 2. The van der Waals surface area contributed by atoms with E-state index in [-0.39, 0.29) is 22.2 Å². The second-order valence-electron chi connectivity index (χ2n) is 9.46. The van der Waals surface area contributed by atoms with Crippen molar-refractivity contribution in [1.82, 2.24) is 14.5 Å². The van der Waals surface area contributed by atoms with Gasteiger partial charge in [0, 0.05) is 13.1 Å². The molecule has 1 spiro atoms. The summed E-state index contributed by atoms with van der Waals surface area (Å²) in [4.78, 5) is 39.3. The maximum Gasteiger partial charge on any atom is 0.325 e. The fourth-order valence-electron chi connectivity index (χ4n) is 4.95. The molecule has 186 valence electrons. The summed E-state index contributed by atoms with van der Waals surface area (Å²) in [5, 5.41) is 5.42. The number of nitrogens with one attached hydrogen (secondary N) is 2. The Kier molecular flexibility index (Phi) is 6.86. The molecule has 0 bridgehead atoms. The van der Waals surface area contributed by atoms with Gasteiger partial charge in [-0.2, -0.15) is 4.31 Å². The Morgan fingerprint density at radius 1 is 1.18 bits per heavy atom. The van der Waals surface area contributed by atoms with Crippen molar-refractivity contribution in [3.63, 3.8) is 0 Å². The lowest BCUT2D eigenvalue weighted by Crippen LogP contribution is -2.49. The molecule has 34 heavy (non-hydrogen) atoms. The van der Waals surface area contributed by atoms with E-state index in [4.69, 9.17) is 4.74 Å². The Morgan fingerprint density at radius 2 is 1.85 bits per heavy atom. The summed E-state index contributed by atoms with van der Waals surface area (Å²) < 4.78 is 32.8. The minimum Gasteiger partial charge on any atom is -0.495 e. The summed E-state index contributed by atoms with van der Waals surface area (Å²) in [6, 6.07) is 3.71. The first-order chi connectivity index (χ1) is 16.2. The van der Waals surface area contributed by atoms with Crippen LogP contribution in [0.3, 0.4) is 0 Å². The zero-order chi connectivity index (χ0) is 24.5. The number of hydrogen-bond acceptors (Lipinski definition) is 6. The quantitative estimate of drug-likeness (QED) is 0.587. The lowest BCUT2D eigenvalue weighted by molar-refractivity contribution is -0.135. The van der Waals surface area contributed by atoms with Gasteiger partial charge in [-0.3, -0.25) is 14.5 Å². The molecule has 1 aromatic carbocycles. The third kappa shape index (κ3) is 4.63.